The number of carbonyl (C=O) groups excluding carboxylic acids is 2. The Hall–Kier alpha value is -2.18. The van der Waals surface area contributed by atoms with Crippen LogP contribution < -0.4 is 10.0 Å². The second-order valence-corrected chi connectivity index (χ2v) is 7.19. The van der Waals surface area contributed by atoms with E-state index in [1.54, 1.807) is 0 Å². The van der Waals surface area contributed by atoms with E-state index in [9.17, 15) is 36.3 Å². The third-order valence-electron chi connectivity index (χ3n) is 3.20. The first kappa shape index (κ1) is 21.9. The number of methoxy groups -OCH3 is 1. The number of alkyl halides is 3. The van der Waals surface area contributed by atoms with Crippen LogP contribution in [0.2, 0.25) is 0 Å². The first-order valence-electron chi connectivity index (χ1n) is 7.04. The molecule has 3 N–H and O–H groups in total. The van der Waals surface area contributed by atoms with E-state index >= 15 is 0 Å². The number of esters is 1. The van der Waals surface area contributed by atoms with Crippen LogP contribution in [0, 0.1) is 0 Å². The number of amides is 1. The molecule has 12 heteroatoms. The molecule has 0 aliphatic carbocycles. The standard InChI is InChI=1S/C14H17F3N2O6S/c1-13(22,14(15,16)17)7-11(20)19-9-3-5-10(6-4-9)26(23,24)18-8-12(21)25-2/h3-6,18,22H,7-8H2,1-2H3,(H,19,20)/t13-/m1/s1. The number of rotatable bonds is 7. The van der Waals surface area contributed by atoms with Crippen molar-refractivity contribution >= 4 is 27.6 Å². The molecule has 0 saturated heterocycles. The topological polar surface area (TPSA) is 122 Å². The van der Waals surface area contributed by atoms with Gasteiger partial charge in [0.25, 0.3) is 0 Å². The summed E-state index contributed by atoms with van der Waals surface area (Å²) in [5, 5.41) is 11.4. The first-order valence-corrected chi connectivity index (χ1v) is 8.52. The van der Waals surface area contributed by atoms with E-state index in [-0.39, 0.29) is 10.6 Å². The van der Waals surface area contributed by atoms with Gasteiger partial charge in [-0.2, -0.15) is 17.9 Å². The maximum absolute atomic E-state index is 12.5. The highest BCUT2D eigenvalue weighted by Gasteiger charge is 2.50. The van der Waals surface area contributed by atoms with E-state index in [0.717, 1.165) is 31.4 Å². The highest BCUT2D eigenvalue weighted by Crippen LogP contribution is 2.32. The van der Waals surface area contributed by atoms with Gasteiger partial charge < -0.3 is 15.2 Å². The Labute approximate surface area is 147 Å². The molecule has 146 valence electrons. The summed E-state index contributed by atoms with van der Waals surface area (Å²) in [5.41, 5.74) is -3.17. The third-order valence-corrected chi connectivity index (χ3v) is 4.62. The van der Waals surface area contributed by atoms with Crippen LogP contribution >= 0.6 is 0 Å². The number of hydrogen-bond acceptors (Lipinski definition) is 6. The first-order chi connectivity index (χ1) is 11.8. The number of nitrogens with one attached hydrogen (secondary N) is 2. The molecule has 1 aromatic carbocycles. The molecule has 1 aromatic rings. The quantitative estimate of drug-likeness (QED) is 0.584. The van der Waals surface area contributed by atoms with Crippen molar-refractivity contribution < 1.29 is 41.0 Å². The lowest BCUT2D eigenvalue weighted by atomic mass is 10.0. The number of anilines is 1. The molecule has 26 heavy (non-hydrogen) atoms. The van der Waals surface area contributed by atoms with Crippen molar-refractivity contribution in [3.8, 4) is 0 Å². The molecular formula is C14H17F3N2O6S. The van der Waals surface area contributed by atoms with Crippen molar-refractivity contribution in [3.63, 3.8) is 0 Å². The zero-order chi connectivity index (χ0) is 20.2. The van der Waals surface area contributed by atoms with Crippen molar-refractivity contribution in [2.24, 2.45) is 0 Å². The van der Waals surface area contributed by atoms with E-state index in [2.05, 4.69) is 10.1 Å². The zero-order valence-corrected chi connectivity index (χ0v) is 14.6. The summed E-state index contributed by atoms with van der Waals surface area (Å²) in [6, 6.07) is 4.45. The molecule has 0 aromatic heterocycles. The molecule has 0 heterocycles. The Morgan fingerprint density at radius 3 is 2.19 bits per heavy atom. The predicted octanol–water partition coefficient (Wildman–Crippen LogP) is 0.780. The van der Waals surface area contributed by atoms with Gasteiger partial charge in [-0.1, -0.05) is 0 Å². The van der Waals surface area contributed by atoms with E-state index in [4.69, 9.17) is 0 Å². The van der Waals surface area contributed by atoms with Gasteiger partial charge in [0.1, 0.15) is 6.54 Å². The highest BCUT2D eigenvalue weighted by molar-refractivity contribution is 7.89. The Bertz CT molecular complexity index is 760. The number of carbonyl (C=O) groups is 2. The average molecular weight is 398 g/mol. The minimum Gasteiger partial charge on any atom is -0.468 e. The third kappa shape index (κ3) is 5.97. The largest absolute Gasteiger partial charge is 0.468 e. The maximum Gasteiger partial charge on any atom is 0.417 e. The molecule has 0 radical (unpaired) electrons. The lowest BCUT2D eigenvalue weighted by molar-refractivity contribution is -0.252. The Morgan fingerprint density at radius 1 is 1.19 bits per heavy atom. The van der Waals surface area contributed by atoms with E-state index in [1.165, 1.54) is 0 Å². The summed E-state index contributed by atoms with van der Waals surface area (Å²) >= 11 is 0. The lowest BCUT2D eigenvalue weighted by Gasteiger charge is -2.25. The Morgan fingerprint density at radius 2 is 1.73 bits per heavy atom. The van der Waals surface area contributed by atoms with Gasteiger partial charge in [-0.15, -0.1) is 0 Å². The lowest BCUT2D eigenvalue weighted by Crippen LogP contribution is -2.44. The Kier molecular flexibility index (Phi) is 6.74. The summed E-state index contributed by atoms with van der Waals surface area (Å²) in [7, 11) is -2.92. The fourth-order valence-corrected chi connectivity index (χ4v) is 2.61. The fourth-order valence-electron chi connectivity index (χ4n) is 1.64. The smallest absolute Gasteiger partial charge is 0.417 e. The van der Waals surface area contributed by atoms with Crippen molar-refractivity contribution in [2.75, 3.05) is 19.0 Å². The van der Waals surface area contributed by atoms with Gasteiger partial charge in [0, 0.05) is 5.69 Å². The fraction of sp³-hybridized carbons (Fsp3) is 0.429. The van der Waals surface area contributed by atoms with Crippen LogP contribution in [0.15, 0.2) is 29.2 Å². The van der Waals surface area contributed by atoms with Gasteiger partial charge in [-0.25, -0.2) is 8.42 Å². The van der Waals surface area contributed by atoms with E-state index in [0.29, 0.717) is 6.92 Å². The summed E-state index contributed by atoms with van der Waals surface area (Å²) in [6.07, 6.45) is -6.20. The number of ether oxygens (including phenoxy) is 1. The second kappa shape index (κ2) is 8.01. The van der Waals surface area contributed by atoms with E-state index < -0.39 is 46.6 Å². The number of hydrogen-bond donors (Lipinski definition) is 3. The minimum atomic E-state index is -4.98. The zero-order valence-electron chi connectivity index (χ0n) is 13.8. The molecule has 1 rings (SSSR count). The molecule has 0 fully saturated rings. The monoisotopic (exact) mass is 398 g/mol. The maximum atomic E-state index is 12.5. The summed E-state index contributed by atoms with van der Waals surface area (Å²) in [5.74, 6) is -1.90. The van der Waals surface area contributed by atoms with Gasteiger partial charge >= 0.3 is 12.1 Å². The van der Waals surface area contributed by atoms with Crippen LogP contribution in [0.3, 0.4) is 0 Å². The van der Waals surface area contributed by atoms with Crippen molar-refractivity contribution in [3.05, 3.63) is 24.3 Å². The van der Waals surface area contributed by atoms with Crippen LogP contribution in [0.4, 0.5) is 18.9 Å². The molecule has 0 unspecified atom stereocenters. The van der Waals surface area contributed by atoms with Gasteiger partial charge in [-0.3, -0.25) is 9.59 Å². The number of halogens is 3. The molecule has 1 atom stereocenters. The molecular weight excluding hydrogens is 381 g/mol. The molecule has 8 nitrogen and oxygen atoms in total. The van der Waals surface area contributed by atoms with Crippen LogP contribution in [0.25, 0.3) is 0 Å². The van der Waals surface area contributed by atoms with Gasteiger partial charge in [-0.05, 0) is 31.2 Å². The van der Waals surface area contributed by atoms with Crippen LogP contribution in [0.1, 0.15) is 13.3 Å². The molecule has 0 saturated carbocycles. The van der Waals surface area contributed by atoms with Crippen molar-refractivity contribution in [1.29, 1.82) is 0 Å². The van der Waals surface area contributed by atoms with Crippen LogP contribution in [-0.2, 0) is 24.3 Å². The Balaban J connectivity index is 2.76. The predicted molar refractivity (Wildman–Crippen MR) is 83.6 cm³/mol. The number of benzene rings is 1. The van der Waals surface area contributed by atoms with Gasteiger partial charge in [0.05, 0.1) is 18.4 Å². The van der Waals surface area contributed by atoms with E-state index in [1.807, 2.05) is 4.72 Å². The molecule has 0 aliphatic heterocycles. The number of sulfonamides is 1. The summed E-state index contributed by atoms with van der Waals surface area (Å²) < 4.78 is 67.7. The van der Waals surface area contributed by atoms with Crippen LogP contribution in [-0.4, -0.2) is 50.8 Å². The van der Waals surface area contributed by atoms with Gasteiger partial charge in [0.2, 0.25) is 15.9 Å². The SMILES string of the molecule is COC(=O)CNS(=O)(=O)c1ccc(NC(=O)C[C@@](C)(O)C(F)(F)F)cc1. The number of aliphatic hydroxyl groups is 1. The summed E-state index contributed by atoms with van der Waals surface area (Å²) in [4.78, 5) is 22.3. The van der Waals surface area contributed by atoms with Crippen molar-refractivity contribution in [2.45, 2.75) is 30.0 Å². The normalized spacial score (nSPS) is 14.4. The van der Waals surface area contributed by atoms with Gasteiger partial charge in [0.15, 0.2) is 5.60 Å². The molecule has 0 bridgehead atoms. The molecule has 0 aliphatic rings. The highest BCUT2D eigenvalue weighted by atomic mass is 32.2. The van der Waals surface area contributed by atoms with Crippen LogP contribution in [0.5, 0.6) is 0 Å². The van der Waals surface area contributed by atoms with Crippen molar-refractivity contribution in [1.82, 2.24) is 4.72 Å². The average Bonchev–Trinajstić information content (AvgIpc) is 2.51. The molecule has 0 spiro atoms. The summed E-state index contributed by atoms with van der Waals surface area (Å²) in [6.45, 7) is -0.112. The molecule has 1 amide bonds. The minimum absolute atomic E-state index is 0.0277. The second-order valence-electron chi connectivity index (χ2n) is 5.42.